The second-order valence-electron chi connectivity index (χ2n) is 7.92. The Morgan fingerprint density at radius 3 is 2.08 bits per heavy atom. The summed E-state index contributed by atoms with van der Waals surface area (Å²) in [6.07, 6.45) is 0.945. The van der Waals surface area contributed by atoms with Crippen LogP contribution in [-0.4, -0.2) is 45.0 Å². The van der Waals surface area contributed by atoms with Crippen molar-refractivity contribution in [3.8, 4) is 0 Å². The molecule has 0 unspecified atom stereocenters. The molecule has 0 bridgehead atoms. The first-order valence-electron chi connectivity index (χ1n) is 10.4. The van der Waals surface area contributed by atoms with Crippen molar-refractivity contribution in [2.45, 2.75) is 31.7 Å². The summed E-state index contributed by atoms with van der Waals surface area (Å²) in [4.78, 5) is 21.0. The number of sulfonamides is 2. The van der Waals surface area contributed by atoms with Gasteiger partial charge in [-0.2, -0.15) is 0 Å². The molecule has 0 saturated carbocycles. The maximum atomic E-state index is 12.9. The molecule has 192 valence electrons. The Hall–Kier alpha value is -2.93. The third kappa shape index (κ3) is 6.64. The lowest BCUT2D eigenvalue weighted by molar-refractivity contribution is -0.116. The van der Waals surface area contributed by atoms with Gasteiger partial charge >= 0.3 is 0 Å². The fraction of sp³-hybridized carbons (Fsp3) is 0.227. The van der Waals surface area contributed by atoms with Gasteiger partial charge in [-0.1, -0.05) is 23.2 Å². The van der Waals surface area contributed by atoms with E-state index in [1.54, 1.807) is 19.9 Å². The Morgan fingerprint density at radius 2 is 1.53 bits per heavy atom. The summed E-state index contributed by atoms with van der Waals surface area (Å²) in [6.45, 7) is 4.83. The smallest absolute Gasteiger partial charge is 0.264 e. The third-order valence-electron chi connectivity index (χ3n) is 4.87. The molecule has 1 heterocycles. The summed E-state index contributed by atoms with van der Waals surface area (Å²) in [7, 11) is -7.91. The maximum Gasteiger partial charge on any atom is 0.264 e. The Morgan fingerprint density at radius 1 is 0.944 bits per heavy atom. The van der Waals surface area contributed by atoms with Crippen LogP contribution in [-0.2, 0) is 24.8 Å². The van der Waals surface area contributed by atoms with Gasteiger partial charge in [0.2, 0.25) is 21.9 Å². The molecule has 0 aliphatic rings. The van der Waals surface area contributed by atoms with Gasteiger partial charge < -0.3 is 5.32 Å². The predicted molar refractivity (Wildman–Crippen MR) is 141 cm³/mol. The SMILES string of the molecule is Cc1cc(C)nc(NS(=O)(=O)c2ccc(NC(=O)[C@@H](C)N(c3cc(Cl)ccc3Cl)S(C)(=O)=O)cc2)n1. The van der Waals surface area contributed by atoms with E-state index in [0.717, 1.165) is 10.6 Å². The van der Waals surface area contributed by atoms with Gasteiger partial charge in [-0.3, -0.25) is 9.10 Å². The Kier molecular flexibility index (Phi) is 8.13. The van der Waals surface area contributed by atoms with Crippen LogP contribution in [0.3, 0.4) is 0 Å². The highest BCUT2D eigenvalue weighted by Crippen LogP contribution is 2.32. The standard InChI is InChI=1S/C22H23Cl2N5O5S2/c1-13-11-14(2)26-22(25-13)28-36(33,34)18-8-6-17(7-9-18)27-21(30)15(3)29(35(4,31)32)20-12-16(23)5-10-19(20)24/h5-12,15H,1-4H3,(H,27,30)(H,25,26,28)/t15-/m1/s1. The van der Waals surface area contributed by atoms with Gasteiger partial charge in [-0.25, -0.2) is 31.5 Å². The minimum absolute atomic E-state index is 0.0513. The number of aryl methyl sites for hydroxylation is 2. The molecule has 2 N–H and O–H groups in total. The predicted octanol–water partition coefficient (Wildman–Crippen LogP) is 3.99. The van der Waals surface area contributed by atoms with Crippen LogP contribution in [0.1, 0.15) is 18.3 Å². The second-order valence-corrected chi connectivity index (χ2v) is 12.3. The topological polar surface area (TPSA) is 138 Å². The molecule has 10 nitrogen and oxygen atoms in total. The molecule has 0 aliphatic carbocycles. The van der Waals surface area contributed by atoms with Gasteiger partial charge in [0.1, 0.15) is 6.04 Å². The zero-order chi connectivity index (χ0) is 26.8. The van der Waals surface area contributed by atoms with E-state index in [4.69, 9.17) is 23.2 Å². The molecule has 0 saturated heterocycles. The molecular weight excluding hydrogens is 549 g/mol. The van der Waals surface area contributed by atoms with Gasteiger partial charge in [0, 0.05) is 22.1 Å². The fourth-order valence-corrected chi connectivity index (χ4v) is 5.90. The number of carbonyl (C=O) groups excluding carboxylic acids is 1. The first-order valence-corrected chi connectivity index (χ1v) is 14.5. The van der Waals surface area contributed by atoms with Crippen molar-refractivity contribution >= 4 is 66.5 Å². The van der Waals surface area contributed by atoms with Crippen molar-refractivity contribution in [2.75, 3.05) is 20.6 Å². The van der Waals surface area contributed by atoms with E-state index in [1.807, 2.05) is 0 Å². The molecule has 1 aromatic heterocycles. The summed E-state index contributed by atoms with van der Waals surface area (Å²) in [6, 6.07) is 10.1. The monoisotopic (exact) mass is 571 g/mol. The molecule has 0 fully saturated rings. The molecule has 14 heteroatoms. The van der Waals surface area contributed by atoms with Crippen molar-refractivity contribution in [1.82, 2.24) is 9.97 Å². The van der Waals surface area contributed by atoms with Crippen LogP contribution in [0.15, 0.2) is 53.4 Å². The average molecular weight is 572 g/mol. The number of carbonyl (C=O) groups is 1. The quantitative estimate of drug-likeness (QED) is 0.416. The largest absolute Gasteiger partial charge is 0.324 e. The number of rotatable bonds is 8. The summed E-state index contributed by atoms with van der Waals surface area (Å²) in [5.41, 5.74) is 1.51. The molecule has 0 aliphatic heterocycles. The highest BCUT2D eigenvalue weighted by Gasteiger charge is 2.31. The highest BCUT2D eigenvalue weighted by molar-refractivity contribution is 7.92. The van der Waals surface area contributed by atoms with Gasteiger partial charge in [0.15, 0.2) is 0 Å². The van der Waals surface area contributed by atoms with Crippen molar-refractivity contribution < 1.29 is 21.6 Å². The number of nitrogens with zero attached hydrogens (tertiary/aromatic N) is 3. The molecule has 3 aromatic rings. The maximum absolute atomic E-state index is 12.9. The van der Waals surface area contributed by atoms with E-state index in [-0.39, 0.29) is 32.3 Å². The van der Waals surface area contributed by atoms with E-state index in [1.165, 1.54) is 49.4 Å². The minimum atomic E-state index is -3.99. The minimum Gasteiger partial charge on any atom is -0.324 e. The zero-order valence-electron chi connectivity index (χ0n) is 19.7. The number of nitrogens with one attached hydrogen (secondary N) is 2. The number of aromatic nitrogens is 2. The summed E-state index contributed by atoms with van der Waals surface area (Å²) in [5.74, 6) is -0.729. The van der Waals surface area contributed by atoms with Crippen molar-refractivity contribution in [1.29, 1.82) is 0 Å². The van der Waals surface area contributed by atoms with Crippen LogP contribution < -0.4 is 14.3 Å². The molecule has 3 rings (SSSR count). The van der Waals surface area contributed by atoms with Crippen LogP contribution in [0.5, 0.6) is 0 Å². The summed E-state index contributed by atoms with van der Waals surface area (Å²) >= 11 is 12.2. The van der Waals surface area contributed by atoms with Gasteiger partial charge in [-0.05, 0) is 69.3 Å². The third-order valence-corrected chi connectivity index (χ3v) is 8.00. The van der Waals surface area contributed by atoms with Crippen molar-refractivity contribution in [3.63, 3.8) is 0 Å². The fourth-order valence-electron chi connectivity index (χ4n) is 3.35. The lowest BCUT2D eigenvalue weighted by Gasteiger charge is -2.29. The number of amides is 1. The molecule has 1 atom stereocenters. The molecule has 36 heavy (non-hydrogen) atoms. The van der Waals surface area contributed by atoms with Crippen LogP contribution in [0.2, 0.25) is 10.0 Å². The molecule has 0 spiro atoms. The summed E-state index contributed by atoms with van der Waals surface area (Å²) < 4.78 is 53.6. The van der Waals surface area contributed by atoms with Crippen LogP contribution in [0.4, 0.5) is 17.3 Å². The van der Waals surface area contributed by atoms with Crippen LogP contribution in [0, 0.1) is 13.8 Å². The molecule has 1 amide bonds. The van der Waals surface area contributed by atoms with E-state index in [2.05, 4.69) is 20.0 Å². The Bertz CT molecular complexity index is 1490. The Balaban J connectivity index is 1.80. The van der Waals surface area contributed by atoms with Crippen molar-refractivity contribution in [2.24, 2.45) is 0 Å². The zero-order valence-corrected chi connectivity index (χ0v) is 22.8. The lowest BCUT2D eigenvalue weighted by atomic mass is 10.2. The molecule has 0 radical (unpaired) electrons. The second kappa shape index (κ2) is 10.6. The Labute approximate surface area is 219 Å². The lowest BCUT2D eigenvalue weighted by Crippen LogP contribution is -2.45. The highest BCUT2D eigenvalue weighted by atomic mass is 35.5. The van der Waals surface area contributed by atoms with E-state index < -0.39 is 32.0 Å². The number of hydrogen-bond acceptors (Lipinski definition) is 7. The van der Waals surface area contributed by atoms with Crippen LogP contribution in [0.25, 0.3) is 0 Å². The number of hydrogen-bond donors (Lipinski definition) is 2. The van der Waals surface area contributed by atoms with Crippen molar-refractivity contribution in [3.05, 3.63) is 70.0 Å². The van der Waals surface area contributed by atoms with E-state index in [9.17, 15) is 21.6 Å². The van der Waals surface area contributed by atoms with E-state index >= 15 is 0 Å². The number of anilines is 3. The number of benzene rings is 2. The first kappa shape index (κ1) is 27.7. The molecular formula is C22H23Cl2N5O5S2. The molecule has 2 aromatic carbocycles. The van der Waals surface area contributed by atoms with Crippen LogP contribution >= 0.6 is 23.2 Å². The normalized spacial score (nSPS) is 12.6. The average Bonchev–Trinajstić information content (AvgIpc) is 2.74. The van der Waals surface area contributed by atoms with Gasteiger partial charge in [0.05, 0.1) is 21.9 Å². The van der Waals surface area contributed by atoms with Gasteiger partial charge in [0.25, 0.3) is 10.0 Å². The van der Waals surface area contributed by atoms with Gasteiger partial charge in [-0.15, -0.1) is 0 Å². The summed E-state index contributed by atoms with van der Waals surface area (Å²) in [5, 5.41) is 2.92. The number of halogens is 2. The first-order chi connectivity index (χ1) is 16.7. The van der Waals surface area contributed by atoms with E-state index in [0.29, 0.717) is 11.4 Å².